The second kappa shape index (κ2) is 6.95. The van der Waals surface area contributed by atoms with Gasteiger partial charge in [-0.1, -0.05) is 0 Å². The summed E-state index contributed by atoms with van der Waals surface area (Å²) in [5.41, 5.74) is 0. The molecule has 0 aromatic carbocycles. The highest BCUT2D eigenvalue weighted by Crippen LogP contribution is 2.17. The van der Waals surface area contributed by atoms with Crippen LogP contribution >= 0.6 is 0 Å². The van der Waals surface area contributed by atoms with Crippen LogP contribution in [0.5, 0.6) is 0 Å². The van der Waals surface area contributed by atoms with Crippen molar-refractivity contribution in [2.75, 3.05) is 19.6 Å². The Balaban J connectivity index is 1.77. The summed E-state index contributed by atoms with van der Waals surface area (Å²) in [4.78, 5) is 14.3. The van der Waals surface area contributed by atoms with Crippen LogP contribution in [0.25, 0.3) is 0 Å². The zero-order chi connectivity index (χ0) is 13.5. The fourth-order valence-electron chi connectivity index (χ4n) is 2.41. The Labute approximate surface area is 113 Å². The van der Waals surface area contributed by atoms with E-state index in [2.05, 4.69) is 16.3 Å². The molecule has 2 heterocycles. The van der Waals surface area contributed by atoms with Crippen LogP contribution in [-0.2, 0) is 11.3 Å². The van der Waals surface area contributed by atoms with Gasteiger partial charge in [0, 0.05) is 19.5 Å². The molecule has 1 fully saturated rings. The summed E-state index contributed by atoms with van der Waals surface area (Å²) < 4.78 is 5.18. The summed E-state index contributed by atoms with van der Waals surface area (Å²) in [6.45, 7) is 2.95. The van der Waals surface area contributed by atoms with Gasteiger partial charge in [-0.25, -0.2) is 0 Å². The first kappa shape index (κ1) is 13.6. The molecule has 1 aromatic heterocycles. The molecule has 0 aliphatic carbocycles. The minimum Gasteiger partial charge on any atom is -0.467 e. The Hall–Kier alpha value is -1.80. The summed E-state index contributed by atoms with van der Waals surface area (Å²) in [5.74, 6) is 0.881. The normalized spacial score (nSPS) is 19.8. The zero-order valence-corrected chi connectivity index (χ0v) is 11.0. The number of amides is 1. The molecule has 2 rings (SSSR count). The van der Waals surface area contributed by atoms with E-state index in [0.29, 0.717) is 13.0 Å². The number of nitrogens with one attached hydrogen (secondary N) is 1. The van der Waals surface area contributed by atoms with E-state index in [-0.39, 0.29) is 11.8 Å². The molecule has 1 unspecified atom stereocenters. The highest BCUT2D eigenvalue weighted by molar-refractivity contribution is 5.78. The van der Waals surface area contributed by atoms with Gasteiger partial charge >= 0.3 is 0 Å². The number of piperidine rings is 1. The lowest BCUT2D eigenvalue weighted by atomic mass is 9.97. The number of furan rings is 1. The third kappa shape index (κ3) is 4.11. The smallest absolute Gasteiger partial charge is 0.224 e. The lowest BCUT2D eigenvalue weighted by molar-refractivity contribution is -0.126. The number of carbonyl (C=O) groups excluding carboxylic acids is 1. The van der Waals surface area contributed by atoms with Gasteiger partial charge in [0.15, 0.2) is 0 Å². The molecule has 19 heavy (non-hydrogen) atoms. The number of rotatable bonds is 5. The molecule has 1 saturated heterocycles. The van der Waals surface area contributed by atoms with E-state index in [1.807, 2.05) is 12.1 Å². The van der Waals surface area contributed by atoms with Gasteiger partial charge in [0.05, 0.1) is 24.8 Å². The summed E-state index contributed by atoms with van der Waals surface area (Å²) in [7, 11) is 0. The molecule has 0 spiro atoms. The van der Waals surface area contributed by atoms with Gasteiger partial charge < -0.3 is 14.6 Å². The molecule has 1 aromatic rings. The molecule has 0 saturated carbocycles. The molecule has 1 N–H and O–H groups in total. The maximum Gasteiger partial charge on any atom is 0.224 e. The molecule has 5 nitrogen and oxygen atoms in total. The highest BCUT2D eigenvalue weighted by atomic mass is 16.3. The van der Waals surface area contributed by atoms with Gasteiger partial charge in [0.1, 0.15) is 5.76 Å². The standard InChI is InChI=1S/C14H19N3O2/c15-6-3-8-17-7-1-4-12(11-17)14(18)16-10-13-5-2-9-19-13/h2,5,9,12H,1,3-4,7-8,10-11H2,(H,16,18). The SMILES string of the molecule is N#CCCN1CCCC(C(=O)NCc2ccco2)C1. The van der Waals surface area contributed by atoms with Crippen molar-refractivity contribution >= 4 is 5.91 Å². The van der Waals surface area contributed by atoms with Gasteiger partial charge in [-0.3, -0.25) is 4.79 Å². The molecule has 1 amide bonds. The third-order valence-electron chi connectivity index (χ3n) is 3.43. The predicted octanol–water partition coefficient (Wildman–Crippen LogP) is 1.52. The summed E-state index contributed by atoms with van der Waals surface area (Å²) >= 11 is 0. The number of hydrogen-bond donors (Lipinski definition) is 1. The average Bonchev–Trinajstić information content (AvgIpc) is 2.96. The fraction of sp³-hybridized carbons (Fsp3) is 0.571. The summed E-state index contributed by atoms with van der Waals surface area (Å²) in [6, 6.07) is 5.81. The van der Waals surface area contributed by atoms with E-state index in [1.54, 1.807) is 6.26 Å². The fourth-order valence-corrected chi connectivity index (χ4v) is 2.41. The van der Waals surface area contributed by atoms with Crippen LogP contribution in [0.4, 0.5) is 0 Å². The van der Waals surface area contributed by atoms with Gasteiger partial charge in [-0.2, -0.15) is 5.26 Å². The van der Waals surface area contributed by atoms with E-state index in [0.717, 1.165) is 38.2 Å². The van der Waals surface area contributed by atoms with Crippen LogP contribution in [-0.4, -0.2) is 30.4 Å². The van der Waals surface area contributed by atoms with E-state index in [1.165, 1.54) is 0 Å². The molecule has 0 radical (unpaired) electrons. The van der Waals surface area contributed by atoms with Crippen molar-refractivity contribution in [3.8, 4) is 6.07 Å². The van der Waals surface area contributed by atoms with Crippen LogP contribution in [0.1, 0.15) is 25.0 Å². The first-order valence-electron chi connectivity index (χ1n) is 6.69. The Morgan fingerprint density at radius 2 is 2.53 bits per heavy atom. The van der Waals surface area contributed by atoms with Crippen molar-refractivity contribution in [2.24, 2.45) is 5.92 Å². The van der Waals surface area contributed by atoms with Crippen molar-refractivity contribution in [3.63, 3.8) is 0 Å². The van der Waals surface area contributed by atoms with Crippen LogP contribution in [0.2, 0.25) is 0 Å². The van der Waals surface area contributed by atoms with E-state index in [4.69, 9.17) is 9.68 Å². The number of nitrogens with zero attached hydrogens (tertiary/aromatic N) is 2. The highest BCUT2D eigenvalue weighted by Gasteiger charge is 2.25. The minimum absolute atomic E-state index is 0.0300. The minimum atomic E-state index is 0.0300. The Morgan fingerprint density at radius 3 is 3.26 bits per heavy atom. The van der Waals surface area contributed by atoms with Gasteiger partial charge in [0.25, 0.3) is 0 Å². The maximum atomic E-state index is 12.1. The Morgan fingerprint density at radius 1 is 1.63 bits per heavy atom. The van der Waals surface area contributed by atoms with E-state index in [9.17, 15) is 4.79 Å². The van der Waals surface area contributed by atoms with Crippen LogP contribution in [0, 0.1) is 17.2 Å². The molecule has 1 atom stereocenters. The molecular formula is C14H19N3O2. The average molecular weight is 261 g/mol. The van der Waals surface area contributed by atoms with Crippen LogP contribution in [0.15, 0.2) is 22.8 Å². The molecule has 0 bridgehead atoms. The predicted molar refractivity (Wildman–Crippen MR) is 69.9 cm³/mol. The van der Waals surface area contributed by atoms with Crippen molar-refractivity contribution < 1.29 is 9.21 Å². The van der Waals surface area contributed by atoms with Crippen molar-refractivity contribution in [1.29, 1.82) is 5.26 Å². The molecule has 1 aliphatic heterocycles. The number of nitriles is 1. The van der Waals surface area contributed by atoms with Gasteiger partial charge in [-0.15, -0.1) is 0 Å². The van der Waals surface area contributed by atoms with Crippen LogP contribution < -0.4 is 5.32 Å². The first-order valence-corrected chi connectivity index (χ1v) is 6.69. The van der Waals surface area contributed by atoms with Gasteiger partial charge in [-0.05, 0) is 31.5 Å². The monoisotopic (exact) mass is 261 g/mol. The van der Waals surface area contributed by atoms with Crippen LogP contribution in [0.3, 0.4) is 0 Å². The number of hydrogen-bond acceptors (Lipinski definition) is 4. The van der Waals surface area contributed by atoms with Crippen molar-refractivity contribution in [2.45, 2.75) is 25.8 Å². The third-order valence-corrected chi connectivity index (χ3v) is 3.43. The molecular weight excluding hydrogens is 242 g/mol. The largest absolute Gasteiger partial charge is 0.467 e. The molecule has 5 heteroatoms. The second-order valence-electron chi connectivity index (χ2n) is 4.85. The Bertz CT molecular complexity index is 436. The van der Waals surface area contributed by atoms with Crippen molar-refractivity contribution in [1.82, 2.24) is 10.2 Å². The lowest BCUT2D eigenvalue weighted by Crippen LogP contribution is -2.43. The zero-order valence-electron chi connectivity index (χ0n) is 11.0. The lowest BCUT2D eigenvalue weighted by Gasteiger charge is -2.31. The number of carbonyl (C=O) groups is 1. The molecule has 1 aliphatic rings. The molecule has 102 valence electrons. The van der Waals surface area contributed by atoms with Gasteiger partial charge in [0.2, 0.25) is 5.91 Å². The summed E-state index contributed by atoms with van der Waals surface area (Å²) in [6.07, 6.45) is 4.07. The topological polar surface area (TPSA) is 69.3 Å². The van der Waals surface area contributed by atoms with E-state index >= 15 is 0 Å². The first-order chi connectivity index (χ1) is 9.29. The Kier molecular flexibility index (Phi) is 4.99. The second-order valence-corrected chi connectivity index (χ2v) is 4.85. The quantitative estimate of drug-likeness (QED) is 0.872. The number of likely N-dealkylation sites (tertiary alicyclic amines) is 1. The van der Waals surface area contributed by atoms with Crippen molar-refractivity contribution in [3.05, 3.63) is 24.2 Å². The maximum absolute atomic E-state index is 12.1. The van der Waals surface area contributed by atoms with E-state index < -0.39 is 0 Å². The summed E-state index contributed by atoms with van der Waals surface area (Å²) in [5, 5.41) is 11.5.